The summed E-state index contributed by atoms with van der Waals surface area (Å²) >= 11 is 10.2. The molecule has 1 aromatic rings. The first-order chi connectivity index (χ1) is 13.0. The van der Waals surface area contributed by atoms with Crippen LogP contribution >= 0.6 is 48.8 Å². The summed E-state index contributed by atoms with van der Waals surface area (Å²) in [4.78, 5) is 39.2. The molecule has 2 rings (SSSR count). The third-order valence-electron chi connectivity index (χ3n) is 4.66. The van der Waals surface area contributed by atoms with Crippen LogP contribution in [0.25, 0.3) is 0 Å². The van der Waals surface area contributed by atoms with Gasteiger partial charge in [-0.25, -0.2) is 0 Å². The number of nitrogens with two attached hydrogens (primary N) is 1. The molecule has 1 fully saturated rings. The number of likely N-dealkylation sites (tertiary alicyclic amines) is 1. The van der Waals surface area contributed by atoms with Crippen LogP contribution in [-0.4, -0.2) is 41.1 Å². The summed E-state index contributed by atoms with van der Waals surface area (Å²) in [5, 5.41) is 3.10. The van der Waals surface area contributed by atoms with Gasteiger partial charge in [-0.15, -0.1) is 0 Å². The summed E-state index contributed by atoms with van der Waals surface area (Å²) in [6, 6.07) is 3.43. The molecule has 0 radical (unpaired) electrons. The van der Waals surface area contributed by atoms with Crippen molar-refractivity contribution in [1.82, 2.24) is 10.2 Å². The van der Waals surface area contributed by atoms with Crippen molar-refractivity contribution >= 4 is 72.1 Å². The smallest absolute Gasteiger partial charge is 0.252 e. The van der Waals surface area contributed by atoms with Gasteiger partial charge in [0.05, 0.1) is 16.8 Å². The average molecular weight is 634 g/mol. The summed E-state index contributed by atoms with van der Waals surface area (Å²) in [6.45, 7) is 7.66. The maximum absolute atomic E-state index is 13.1. The molecule has 0 saturated carbocycles. The number of Topliss-reactive ketones (excluding diaryl/α,β-unsaturated/α-hetero) is 1. The lowest BCUT2D eigenvalue weighted by Gasteiger charge is -2.35. The number of nitrogens with zero attached hydrogens (tertiary/aromatic N) is 1. The van der Waals surface area contributed by atoms with Crippen LogP contribution in [0.2, 0.25) is 5.02 Å². The van der Waals surface area contributed by atoms with E-state index < -0.39 is 23.4 Å². The first-order valence-electron chi connectivity index (χ1n) is 8.83. The zero-order valence-corrected chi connectivity index (χ0v) is 21.5. The minimum atomic E-state index is -0.758. The Kier molecular flexibility index (Phi) is 9.95. The SMILES string of the molecule is CC(=O)C1CCCN1C(=O)C(NC(=O)c1ccc(N)c(Cl)c1)C(C)(C)C.II. The van der Waals surface area contributed by atoms with Crippen molar-refractivity contribution in [3.63, 3.8) is 0 Å². The fourth-order valence-corrected chi connectivity index (χ4v) is 3.33. The van der Waals surface area contributed by atoms with Gasteiger partial charge in [0.2, 0.25) is 5.91 Å². The highest BCUT2D eigenvalue weighted by Gasteiger charge is 2.40. The van der Waals surface area contributed by atoms with Gasteiger partial charge in [-0.05, 0) is 43.4 Å². The molecule has 0 bridgehead atoms. The molecule has 9 heteroatoms. The summed E-state index contributed by atoms with van der Waals surface area (Å²) < 4.78 is 0. The number of ketones is 1. The number of hydrogen-bond acceptors (Lipinski definition) is 4. The van der Waals surface area contributed by atoms with Crippen LogP contribution in [0.4, 0.5) is 5.69 Å². The Morgan fingerprint density at radius 2 is 1.89 bits per heavy atom. The van der Waals surface area contributed by atoms with E-state index in [9.17, 15) is 14.4 Å². The number of amides is 2. The molecule has 3 N–H and O–H groups in total. The topological polar surface area (TPSA) is 92.5 Å². The average Bonchev–Trinajstić information content (AvgIpc) is 3.12. The number of nitrogen functional groups attached to an aromatic ring is 1. The normalized spacial score (nSPS) is 17.4. The van der Waals surface area contributed by atoms with E-state index in [1.165, 1.54) is 13.0 Å². The molecule has 1 saturated heterocycles. The van der Waals surface area contributed by atoms with Gasteiger partial charge in [-0.3, -0.25) is 14.4 Å². The molecule has 28 heavy (non-hydrogen) atoms. The minimum absolute atomic E-state index is 0.0276. The van der Waals surface area contributed by atoms with Crippen molar-refractivity contribution < 1.29 is 14.4 Å². The van der Waals surface area contributed by atoms with Crippen molar-refractivity contribution in [3.8, 4) is 0 Å². The number of nitrogens with one attached hydrogen (secondary N) is 1. The van der Waals surface area contributed by atoms with Gasteiger partial charge in [0, 0.05) is 49.3 Å². The number of carbonyl (C=O) groups excluding carboxylic acids is 3. The summed E-state index contributed by atoms with van der Waals surface area (Å²) in [6.07, 6.45) is 1.45. The van der Waals surface area contributed by atoms with Gasteiger partial charge in [-0.2, -0.15) is 0 Å². The van der Waals surface area contributed by atoms with Crippen molar-refractivity contribution in [3.05, 3.63) is 28.8 Å². The number of benzene rings is 1. The molecule has 0 spiro atoms. The Hall–Kier alpha value is -0.620. The highest BCUT2D eigenvalue weighted by Crippen LogP contribution is 2.27. The largest absolute Gasteiger partial charge is 0.398 e. The van der Waals surface area contributed by atoms with Gasteiger partial charge >= 0.3 is 0 Å². The third kappa shape index (κ3) is 6.45. The molecule has 6 nitrogen and oxygen atoms in total. The molecule has 1 aromatic carbocycles. The van der Waals surface area contributed by atoms with E-state index in [-0.39, 0.29) is 16.7 Å². The first-order valence-corrected chi connectivity index (χ1v) is 15.5. The molecule has 156 valence electrons. The summed E-state index contributed by atoms with van der Waals surface area (Å²) in [5.41, 5.74) is 5.87. The predicted molar refractivity (Wildman–Crippen MR) is 130 cm³/mol. The highest BCUT2D eigenvalue weighted by atomic mass is 128. The van der Waals surface area contributed by atoms with Gasteiger partial charge < -0.3 is 16.0 Å². The quantitative estimate of drug-likeness (QED) is 0.380. The van der Waals surface area contributed by atoms with Crippen molar-refractivity contribution in [2.75, 3.05) is 12.3 Å². The van der Waals surface area contributed by atoms with Crippen LogP contribution in [0.3, 0.4) is 0 Å². The highest BCUT2D eigenvalue weighted by molar-refractivity contribution is 15.0. The molecule has 1 heterocycles. The van der Waals surface area contributed by atoms with E-state index in [0.29, 0.717) is 24.2 Å². The van der Waals surface area contributed by atoms with Crippen LogP contribution in [0, 0.1) is 5.41 Å². The van der Waals surface area contributed by atoms with Gasteiger partial charge in [0.1, 0.15) is 6.04 Å². The predicted octanol–water partition coefficient (Wildman–Crippen LogP) is 4.42. The van der Waals surface area contributed by atoms with Crippen LogP contribution in [0.1, 0.15) is 50.9 Å². The summed E-state index contributed by atoms with van der Waals surface area (Å²) in [5.74, 6) is -0.663. The number of halogens is 3. The van der Waals surface area contributed by atoms with Crippen molar-refractivity contribution in [2.45, 2.75) is 52.6 Å². The molecule has 1 aliphatic heterocycles. The Balaban J connectivity index is 0.00000190. The number of anilines is 1. The first kappa shape index (κ1) is 25.4. The lowest BCUT2D eigenvalue weighted by atomic mass is 9.85. The van der Waals surface area contributed by atoms with E-state index in [0.717, 1.165) is 6.42 Å². The van der Waals surface area contributed by atoms with Crippen molar-refractivity contribution in [1.29, 1.82) is 0 Å². The third-order valence-corrected chi connectivity index (χ3v) is 4.98. The van der Waals surface area contributed by atoms with Crippen LogP contribution in [0.15, 0.2) is 18.2 Å². The van der Waals surface area contributed by atoms with Gasteiger partial charge in [-0.1, -0.05) is 32.4 Å². The van der Waals surface area contributed by atoms with Gasteiger partial charge in [0.15, 0.2) is 5.78 Å². The van der Waals surface area contributed by atoms with E-state index in [2.05, 4.69) is 42.5 Å². The number of carbonyl (C=O) groups is 3. The molecule has 2 unspecified atom stereocenters. The molecular weight excluding hydrogens is 607 g/mol. The second-order valence-electron chi connectivity index (χ2n) is 7.81. The summed E-state index contributed by atoms with van der Waals surface area (Å²) in [7, 11) is 0. The monoisotopic (exact) mass is 633 g/mol. The molecular formula is C19H26ClI2N3O3. The second-order valence-corrected chi connectivity index (χ2v) is 8.22. The molecule has 2 atom stereocenters. The van der Waals surface area contributed by atoms with Crippen LogP contribution in [0.5, 0.6) is 0 Å². The zero-order chi connectivity index (χ0) is 21.6. The maximum atomic E-state index is 13.1. The fourth-order valence-electron chi connectivity index (χ4n) is 3.15. The number of hydrogen-bond donors (Lipinski definition) is 2. The van der Waals surface area contributed by atoms with Crippen molar-refractivity contribution in [2.24, 2.45) is 5.41 Å². The Morgan fingerprint density at radius 1 is 1.29 bits per heavy atom. The Morgan fingerprint density at radius 3 is 2.39 bits per heavy atom. The van der Waals surface area contributed by atoms with Gasteiger partial charge in [0.25, 0.3) is 5.91 Å². The van der Waals surface area contributed by atoms with Crippen LogP contribution in [-0.2, 0) is 9.59 Å². The molecule has 0 aromatic heterocycles. The second kappa shape index (κ2) is 11.0. The molecule has 2 amide bonds. The zero-order valence-electron chi connectivity index (χ0n) is 16.4. The van der Waals surface area contributed by atoms with E-state index >= 15 is 0 Å². The number of rotatable bonds is 4. The lowest BCUT2D eigenvalue weighted by molar-refractivity contribution is -0.140. The minimum Gasteiger partial charge on any atom is -0.398 e. The standard InChI is InChI=1S/C19H26ClN3O3.I2/c1-11(24)15-6-5-9-23(15)18(26)16(19(2,3)4)22-17(25)12-7-8-14(21)13(20)10-12;1-2/h7-8,10,15-16H,5-6,9,21H2,1-4H3,(H,22,25);. The van der Waals surface area contributed by atoms with E-state index in [4.69, 9.17) is 17.3 Å². The van der Waals surface area contributed by atoms with Crippen LogP contribution < -0.4 is 11.1 Å². The molecule has 1 aliphatic rings. The Labute approximate surface area is 194 Å². The Bertz CT molecular complexity index is 738. The lowest BCUT2D eigenvalue weighted by Crippen LogP contribution is -2.56. The fraction of sp³-hybridized carbons (Fsp3) is 0.526. The maximum Gasteiger partial charge on any atom is 0.252 e. The van der Waals surface area contributed by atoms with E-state index in [1.807, 2.05) is 20.8 Å². The molecule has 0 aliphatic carbocycles. The van der Waals surface area contributed by atoms with E-state index in [1.54, 1.807) is 17.0 Å².